The number of benzene rings is 1. The number of unbranched alkanes of at least 4 members (excludes halogenated alkanes) is 1. The first-order valence-electron chi connectivity index (χ1n) is 11.7. The van der Waals surface area contributed by atoms with E-state index in [9.17, 15) is 4.79 Å². The molecule has 1 fully saturated rings. The van der Waals surface area contributed by atoms with E-state index in [1.807, 2.05) is 36.4 Å². The van der Waals surface area contributed by atoms with Crippen molar-refractivity contribution in [1.82, 2.24) is 19.9 Å². The van der Waals surface area contributed by atoms with Crippen molar-refractivity contribution < 1.29 is 14.3 Å². The molecule has 1 aliphatic heterocycles. The molecular formula is C27H29N5O3. The summed E-state index contributed by atoms with van der Waals surface area (Å²) in [6.07, 6.45) is 5.28. The van der Waals surface area contributed by atoms with Crippen LogP contribution in [0, 0.1) is 11.8 Å². The second-order valence-corrected chi connectivity index (χ2v) is 8.09. The fourth-order valence-corrected chi connectivity index (χ4v) is 3.78. The number of carbonyl (C=O) groups is 1. The van der Waals surface area contributed by atoms with Crippen LogP contribution in [0.1, 0.15) is 34.6 Å². The predicted molar refractivity (Wildman–Crippen MR) is 133 cm³/mol. The summed E-state index contributed by atoms with van der Waals surface area (Å²) in [6.45, 7) is 5.15. The van der Waals surface area contributed by atoms with E-state index in [0.29, 0.717) is 18.1 Å². The maximum absolute atomic E-state index is 12.2. The second-order valence-electron chi connectivity index (χ2n) is 8.09. The van der Waals surface area contributed by atoms with E-state index in [2.05, 4.69) is 36.6 Å². The van der Waals surface area contributed by atoms with Crippen molar-refractivity contribution in [1.29, 1.82) is 0 Å². The molecule has 0 spiro atoms. The molecule has 0 amide bonds. The number of ether oxygens (including phenoxy) is 2. The molecule has 8 heteroatoms. The van der Waals surface area contributed by atoms with Crippen LogP contribution in [0.5, 0.6) is 5.75 Å². The van der Waals surface area contributed by atoms with Crippen LogP contribution in [0.4, 0.5) is 5.95 Å². The topological polar surface area (TPSA) is 80.7 Å². The molecule has 0 radical (unpaired) electrons. The first kappa shape index (κ1) is 24.2. The SMILES string of the molecule is COC(=O)c1nc(C#CCCCN2CCN(c3ncccn3)CC2)ccc1OCc1ccccc1. The number of anilines is 1. The average molecular weight is 472 g/mol. The van der Waals surface area contributed by atoms with Gasteiger partial charge in [-0.05, 0) is 42.6 Å². The molecule has 3 heterocycles. The number of pyridine rings is 1. The fraction of sp³-hybridized carbons (Fsp3) is 0.333. The van der Waals surface area contributed by atoms with E-state index in [1.165, 1.54) is 7.11 Å². The Morgan fingerprint density at radius 3 is 2.51 bits per heavy atom. The Kier molecular flexibility index (Phi) is 8.63. The molecule has 35 heavy (non-hydrogen) atoms. The maximum Gasteiger partial charge on any atom is 0.360 e. The lowest BCUT2D eigenvalue weighted by atomic mass is 10.2. The largest absolute Gasteiger partial charge is 0.486 e. The Balaban J connectivity index is 1.26. The van der Waals surface area contributed by atoms with Crippen LogP contribution < -0.4 is 9.64 Å². The first-order valence-corrected chi connectivity index (χ1v) is 11.7. The molecule has 0 unspecified atom stereocenters. The monoisotopic (exact) mass is 471 g/mol. The summed E-state index contributed by atoms with van der Waals surface area (Å²) in [5.41, 5.74) is 1.66. The standard InChI is InChI=1S/C27H29N5O3/c1-34-26(33)25-24(35-21-22-9-4-2-5-10-22)13-12-23(30-25)11-6-3-7-16-31-17-19-32(20-18-31)27-28-14-8-15-29-27/h2,4-5,8-10,12-15H,3,7,16-21H2,1H3. The molecule has 3 aromatic rings. The van der Waals surface area contributed by atoms with Crippen LogP contribution in [-0.4, -0.2) is 65.7 Å². The number of nitrogens with zero attached hydrogens (tertiary/aromatic N) is 5. The minimum Gasteiger partial charge on any atom is -0.486 e. The molecule has 0 atom stereocenters. The van der Waals surface area contributed by atoms with Gasteiger partial charge in [-0.1, -0.05) is 36.3 Å². The number of rotatable bonds is 8. The Morgan fingerprint density at radius 2 is 1.77 bits per heavy atom. The van der Waals surface area contributed by atoms with Gasteiger partial charge in [0.1, 0.15) is 12.3 Å². The normalized spacial score (nSPS) is 13.6. The summed E-state index contributed by atoms with van der Waals surface area (Å²) in [6, 6.07) is 15.1. The Labute approximate surface area is 205 Å². The molecule has 2 aromatic heterocycles. The Morgan fingerprint density at radius 1 is 1.00 bits per heavy atom. The van der Waals surface area contributed by atoms with Crippen molar-refractivity contribution in [3.63, 3.8) is 0 Å². The van der Waals surface area contributed by atoms with Gasteiger partial charge in [-0.2, -0.15) is 0 Å². The lowest BCUT2D eigenvalue weighted by molar-refractivity contribution is 0.0588. The van der Waals surface area contributed by atoms with Gasteiger partial charge in [-0.25, -0.2) is 19.7 Å². The fourth-order valence-electron chi connectivity index (χ4n) is 3.78. The van der Waals surface area contributed by atoms with Crippen LogP contribution in [0.15, 0.2) is 60.9 Å². The van der Waals surface area contributed by atoms with Gasteiger partial charge >= 0.3 is 5.97 Å². The third kappa shape index (κ3) is 7.01. The molecule has 1 saturated heterocycles. The third-order valence-corrected chi connectivity index (χ3v) is 5.67. The van der Waals surface area contributed by atoms with E-state index in [4.69, 9.17) is 9.47 Å². The molecular weight excluding hydrogens is 442 g/mol. The number of carbonyl (C=O) groups excluding carboxylic acids is 1. The number of hydrogen-bond acceptors (Lipinski definition) is 8. The highest BCUT2D eigenvalue weighted by atomic mass is 16.5. The molecule has 180 valence electrons. The summed E-state index contributed by atoms with van der Waals surface area (Å²) >= 11 is 0. The second kappa shape index (κ2) is 12.5. The van der Waals surface area contributed by atoms with Crippen molar-refractivity contribution in [2.75, 3.05) is 44.7 Å². The zero-order chi connectivity index (χ0) is 24.3. The lowest BCUT2D eigenvalue weighted by Gasteiger charge is -2.34. The van der Waals surface area contributed by atoms with Crippen LogP contribution >= 0.6 is 0 Å². The minimum absolute atomic E-state index is 0.135. The van der Waals surface area contributed by atoms with Crippen molar-refractivity contribution in [3.8, 4) is 17.6 Å². The molecule has 0 bridgehead atoms. The highest BCUT2D eigenvalue weighted by Gasteiger charge is 2.18. The van der Waals surface area contributed by atoms with Crippen molar-refractivity contribution in [2.45, 2.75) is 19.4 Å². The molecule has 8 nitrogen and oxygen atoms in total. The summed E-state index contributed by atoms with van der Waals surface area (Å²) < 4.78 is 10.7. The summed E-state index contributed by atoms with van der Waals surface area (Å²) in [5.74, 6) is 6.87. The van der Waals surface area contributed by atoms with E-state index in [-0.39, 0.29) is 5.69 Å². The molecule has 4 rings (SSSR count). The first-order chi connectivity index (χ1) is 17.2. The van der Waals surface area contributed by atoms with Gasteiger partial charge in [0.15, 0.2) is 11.4 Å². The Hall–Kier alpha value is -3.96. The van der Waals surface area contributed by atoms with Crippen LogP contribution in [-0.2, 0) is 11.3 Å². The summed E-state index contributed by atoms with van der Waals surface area (Å²) in [7, 11) is 1.33. The summed E-state index contributed by atoms with van der Waals surface area (Å²) in [5, 5.41) is 0. The lowest BCUT2D eigenvalue weighted by Crippen LogP contribution is -2.47. The van der Waals surface area contributed by atoms with Gasteiger partial charge < -0.3 is 14.4 Å². The highest BCUT2D eigenvalue weighted by Crippen LogP contribution is 2.19. The van der Waals surface area contributed by atoms with Crippen LogP contribution in [0.2, 0.25) is 0 Å². The smallest absolute Gasteiger partial charge is 0.360 e. The van der Waals surface area contributed by atoms with E-state index in [1.54, 1.807) is 24.5 Å². The number of piperazine rings is 1. The number of aromatic nitrogens is 3. The summed E-state index contributed by atoms with van der Waals surface area (Å²) in [4.78, 5) is 29.9. The molecule has 0 N–H and O–H groups in total. The van der Waals surface area contributed by atoms with Gasteiger partial charge in [0.2, 0.25) is 5.95 Å². The van der Waals surface area contributed by atoms with Crippen molar-refractivity contribution in [2.24, 2.45) is 0 Å². The number of methoxy groups -OCH3 is 1. The average Bonchev–Trinajstić information content (AvgIpc) is 2.93. The maximum atomic E-state index is 12.2. The van der Waals surface area contributed by atoms with Gasteiger partial charge in [0, 0.05) is 45.0 Å². The van der Waals surface area contributed by atoms with Gasteiger partial charge in [-0.3, -0.25) is 4.90 Å². The minimum atomic E-state index is -0.545. The van der Waals surface area contributed by atoms with Gasteiger partial charge in [0.05, 0.1) is 7.11 Å². The molecule has 0 aliphatic carbocycles. The highest BCUT2D eigenvalue weighted by molar-refractivity contribution is 5.90. The Bertz CT molecular complexity index is 1150. The van der Waals surface area contributed by atoms with Gasteiger partial charge in [0.25, 0.3) is 0 Å². The predicted octanol–water partition coefficient (Wildman–Crippen LogP) is 3.19. The molecule has 0 saturated carbocycles. The van der Waals surface area contributed by atoms with Crippen LogP contribution in [0.25, 0.3) is 0 Å². The molecule has 1 aliphatic rings. The van der Waals surface area contributed by atoms with Crippen molar-refractivity contribution >= 4 is 11.9 Å². The molecule has 1 aromatic carbocycles. The zero-order valence-electron chi connectivity index (χ0n) is 19.9. The van der Waals surface area contributed by atoms with Crippen molar-refractivity contribution in [3.05, 3.63) is 77.9 Å². The quantitative estimate of drug-likeness (QED) is 0.282. The third-order valence-electron chi connectivity index (χ3n) is 5.67. The van der Waals surface area contributed by atoms with E-state index < -0.39 is 5.97 Å². The number of hydrogen-bond donors (Lipinski definition) is 0. The van der Waals surface area contributed by atoms with Gasteiger partial charge in [-0.15, -0.1) is 0 Å². The zero-order valence-corrected chi connectivity index (χ0v) is 19.9. The number of esters is 1. The van der Waals surface area contributed by atoms with E-state index >= 15 is 0 Å². The van der Waals surface area contributed by atoms with E-state index in [0.717, 1.165) is 57.1 Å². The van der Waals surface area contributed by atoms with Crippen LogP contribution in [0.3, 0.4) is 0 Å².